The van der Waals surface area contributed by atoms with Gasteiger partial charge in [-0.05, 0) is 42.0 Å². The molecule has 1 aromatic rings. The Balaban J connectivity index is 1.98. The van der Waals surface area contributed by atoms with Gasteiger partial charge in [0.1, 0.15) is 17.9 Å². The average Bonchev–Trinajstić information content (AvgIpc) is 2.73. The third-order valence-electron chi connectivity index (χ3n) is 2.71. The first-order chi connectivity index (χ1) is 7.56. The molecule has 0 spiro atoms. The molecule has 0 bridgehead atoms. The number of ether oxygens (including phenoxy) is 1. The van der Waals surface area contributed by atoms with Crippen LogP contribution in [0.15, 0.2) is 21.2 Å². The minimum atomic E-state index is -0.154. The predicted molar refractivity (Wildman–Crippen MR) is 61.8 cm³/mol. The molecule has 0 amide bonds. The summed E-state index contributed by atoms with van der Waals surface area (Å²) in [6.07, 6.45) is 0.764. The SMILES string of the molecule is C[C@H]1C[C@@H](N(C)Cc2ccc(Br)o2)C(=O)O1. The molecule has 1 aromatic heterocycles. The first kappa shape index (κ1) is 11.7. The van der Waals surface area contributed by atoms with E-state index >= 15 is 0 Å². The van der Waals surface area contributed by atoms with Crippen molar-refractivity contribution in [1.29, 1.82) is 0 Å². The van der Waals surface area contributed by atoms with Gasteiger partial charge in [-0.2, -0.15) is 0 Å². The smallest absolute Gasteiger partial charge is 0.323 e. The van der Waals surface area contributed by atoms with Crippen molar-refractivity contribution in [2.45, 2.75) is 32.0 Å². The number of cyclic esters (lactones) is 1. The Labute approximate surface area is 103 Å². The fourth-order valence-corrected chi connectivity index (χ4v) is 2.23. The first-order valence-electron chi connectivity index (χ1n) is 5.21. The fourth-order valence-electron chi connectivity index (χ4n) is 1.89. The van der Waals surface area contributed by atoms with Gasteiger partial charge < -0.3 is 9.15 Å². The lowest BCUT2D eigenvalue weighted by Crippen LogP contribution is -2.34. The molecule has 0 aromatic carbocycles. The van der Waals surface area contributed by atoms with Crippen LogP contribution in [0.2, 0.25) is 0 Å². The predicted octanol–water partition coefficient (Wildman–Crippen LogP) is 2.18. The highest BCUT2D eigenvalue weighted by Gasteiger charge is 2.34. The van der Waals surface area contributed by atoms with Gasteiger partial charge >= 0.3 is 5.97 Å². The number of esters is 1. The number of halogens is 1. The molecule has 2 atom stereocenters. The monoisotopic (exact) mass is 287 g/mol. The number of hydrogen-bond acceptors (Lipinski definition) is 4. The number of carbonyl (C=O) groups excluding carboxylic acids is 1. The molecule has 1 fully saturated rings. The van der Waals surface area contributed by atoms with Gasteiger partial charge in [-0.25, -0.2) is 0 Å². The third kappa shape index (κ3) is 2.47. The van der Waals surface area contributed by atoms with E-state index in [-0.39, 0.29) is 18.1 Å². The van der Waals surface area contributed by atoms with Crippen LogP contribution in [0.1, 0.15) is 19.1 Å². The van der Waals surface area contributed by atoms with Crippen molar-refractivity contribution in [2.24, 2.45) is 0 Å². The van der Waals surface area contributed by atoms with E-state index in [4.69, 9.17) is 9.15 Å². The molecule has 2 heterocycles. The average molecular weight is 288 g/mol. The molecular weight excluding hydrogens is 274 g/mol. The lowest BCUT2D eigenvalue weighted by atomic mass is 10.1. The van der Waals surface area contributed by atoms with Crippen LogP contribution in [-0.2, 0) is 16.1 Å². The molecule has 0 aliphatic carbocycles. The maximum atomic E-state index is 11.5. The highest BCUT2D eigenvalue weighted by Crippen LogP contribution is 2.22. The molecule has 0 radical (unpaired) electrons. The second-order valence-electron chi connectivity index (χ2n) is 4.12. The van der Waals surface area contributed by atoms with Crippen molar-refractivity contribution in [3.8, 4) is 0 Å². The largest absolute Gasteiger partial charge is 0.461 e. The number of furan rings is 1. The minimum absolute atomic E-state index is 0.0169. The maximum absolute atomic E-state index is 11.5. The molecule has 5 heteroatoms. The Bertz CT molecular complexity index is 390. The highest BCUT2D eigenvalue weighted by molar-refractivity contribution is 9.10. The zero-order valence-electron chi connectivity index (χ0n) is 9.27. The number of nitrogens with zero attached hydrogens (tertiary/aromatic N) is 1. The van der Waals surface area contributed by atoms with Gasteiger partial charge in [-0.1, -0.05) is 0 Å². The van der Waals surface area contributed by atoms with E-state index in [0.717, 1.165) is 12.2 Å². The summed E-state index contributed by atoms with van der Waals surface area (Å²) in [6.45, 7) is 2.52. The number of carbonyl (C=O) groups is 1. The Morgan fingerprint density at radius 3 is 2.81 bits per heavy atom. The Hall–Kier alpha value is -0.810. The standard InChI is InChI=1S/C11H14BrNO3/c1-7-5-9(11(14)15-7)13(2)6-8-3-4-10(12)16-8/h3-4,7,9H,5-6H2,1-2H3/t7-,9+/m0/s1. The number of hydrogen-bond donors (Lipinski definition) is 0. The maximum Gasteiger partial charge on any atom is 0.323 e. The van der Waals surface area contributed by atoms with Crippen molar-refractivity contribution in [3.63, 3.8) is 0 Å². The van der Waals surface area contributed by atoms with E-state index < -0.39 is 0 Å². The van der Waals surface area contributed by atoms with E-state index in [1.807, 2.05) is 31.0 Å². The molecule has 0 N–H and O–H groups in total. The van der Waals surface area contributed by atoms with Crippen LogP contribution < -0.4 is 0 Å². The van der Waals surface area contributed by atoms with Gasteiger partial charge in [-0.3, -0.25) is 9.69 Å². The Kier molecular flexibility index (Phi) is 3.35. The van der Waals surface area contributed by atoms with E-state index in [0.29, 0.717) is 11.2 Å². The molecule has 16 heavy (non-hydrogen) atoms. The first-order valence-corrected chi connectivity index (χ1v) is 6.00. The molecule has 1 aliphatic rings. The zero-order valence-corrected chi connectivity index (χ0v) is 10.9. The summed E-state index contributed by atoms with van der Waals surface area (Å²) in [7, 11) is 1.90. The van der Waals surface area contributed by atoms with Crippen LogP contribution in [0.25, 0.3) is 0 Å². The minimum Gasteiger partial charge on any atom is -0.461 e. The second-order valence-corrected chi connectivity index (χ2v) is 4.90. The third-order valence-corrected chi connectivity index (χ3v) is 3.14. The summed E-state index contributed by atoms with van der Waals surface area (Å²) < 4.78 is 11.2. The van der Waals surface area contributed by atoms with Crippen molar-refractivity contribution in [3.05, 3.63) is 22.6 Å². The normalized spacial score (nSPS) is 25.1. The van der Waals surface area contributed by atoms with E-state index in [1.54, 1.807) is 0 Å². The van der Waals surface area contributed by atoms with Crippen molar-refractivity contribution in [1.82, 2.24) is 4.90 Å². The van der Waals surface area contributed by atoms with Crippen LogP contribution in [0.5, 0.6) is 0 Å². The Morgan fingerprint density at radius 2 is 2.31 bits per heavy atom. The molecule has 4 nitrogen and oxygen atoms in total. The summed E-state index contributed by atoms with van der Waals surface area (Å²) in [6, 6.07) is 3.59. The summed E-state index contributed by atoms with van der Waals surface area (Å²) in [5.74, 6) is 0.697. The van der Waals surface area contributed by atoms with Gasteiger partial charge in [0.05, 0.1) is 6.54 Å². The summed E-state index contributed by atoms with van der Waals surface area (Å²) in [5, 5.41) is 0. The van der Waals surface area contributed by atoms with Gasteiger partial charge in [0.25, 0.3) is 0 Å². The number of rotatable bonds is 3. The number of likely N-dealkylation sites (N-methyl/N-ethyl adjacent to an activating group) is 1. The van der Waals surface area contributed by atoms with Crippen molar-refractivity contribution < 1.29 is 13.9 Å². The highest BCUT2D eigenvalue weighted by atomic mass is 79.9. The topological polar surface area (TPSA) is 42.7 Å². The van der Waals surface area contributed by atoms with Crippen molar-refractivity contribution in [2.75, 3.05) is 7.05 Å². The summed E-state index contributed by atoms with van der Waals surface area (Å²) in [4.78, 5) is 13.5. The Morgan fingerprint density at radius 1 is 1.56 bits per heavy atom. The molecule has 0 saturated carbocycles. The molecule has 1 aliphatic heterocycles. The lowest BCUT2D eigenvalue weighted by Gasteiger charge is -2.19. The van der Waals surface area contributed by atoms with Crippen LogP contribution in [0.3, 0.4) is 0 Å². The van der Waals surface area contributed by atoms with E-state index in [2.05, 4.69) is 15.9 Å². The molecule has 2 rings (SSSR count). The molecule has 88 valence electrons. The van der Waals surface area contributed by atoms with Crippen LogP contribution >= 0.6 is 15.9 Å². The van der Waals surface area contributed by atoms with Gasteiger partial charge in [0.2, 0.25) is 0 Å². The quantitative estimate of drug-likeness (QED) is 0.800. The van der Waals surface area contributed by atoms with Crippen molar-refractivity contribution >= 4 is 21.9 Å². The lowest BCUT2D eigenvalue weighted by molar-refractivity contribution is -0.144. The van der Waals surface area contributed by atoms with Gasteiger partial charge in [-0.15, -0.1) is 0 Å². The second kappa shape index (κ2) is 4.59. The van der Waals surface area contributed by atoms with Gasteiger partial charge in [0.15, 0.2) is 4.67 Å². The fraction of sp³-hybridized carbons (Fsp3) is 0.545. The molecule has 0 unspecified atom stereocenters. The molecule has 1 saturated heterocycles. The summed E-state index contributed by atoms with van der Waals surface area (Å²) >= 11 is 3.25. The zero-order chi connectivity index (χ0) is 11.7. The van der Waals surface area contributed by atoms with E-state index in [9.17, 15) is 4.79 Å². The van der Waals surface area contributed by atoms with E-state index in [1.165, 1.54) is 0 Å². The molecular formula is C11H14BrNO3. The van der Waals surface area contributed by atoms with Gasteiger partial charge in [0, 0.05) is 6.42 Å². The van der Waals surface area contributed by atoms with Crippen LogP contribution in [0, 0.1) is 0 Å². The summed E-state index contributed by atoms with van der Waals surface area (Å²) in [5.41, 5.74) is 0. The van der Waals surface area contributed by atoms with Crippen LogP contribution in [0.4, 0.5) is 0 Å². The van der Waals surface area contributed by atoms with Crippen LogP contribution in [-0.4, -0.2) is 30.1 Å².